The van der Waals surface area contributed by atoms with Crippen LogP contribution in [-0.4, -0.2) is 42.5 Å². The van der Waals surface area contributed by atoms with Crippen LogP contribution in [0.5, 0.6) is 0 Å². The van der Waals surface area contributed by atoms with Gasteiger partial charge in [0, 0.05) is 18.7 Å². The molecule has 5 nitrogen and oxygen atoms in total. The highest BCUT2D eigenvalue weighted by atomic mass is 16.3. The summed E-state index contributed by atoms with van der Waals surface area (Å²) >= 11 is 0. The van der Waals surface area contributed by atoms with E-state index < -0.39 is 0 Å². The molecular formula is C16H19N3O2. The van der Waals surface area contributed by atoms with Crippen LogP contribution in [0.15, 0.2) is 41.0 Å². The third-order valence-corrected chi connectivity index (χ3v) is 3.81. The van der Waals surface area contributed by atoms with Crippen molar-refractivity contribution in [3.63, 3.8) is 0 Å². The maximum atomic E-state index is 12.4. The van der Waals surface area contributed by atoms with Crippen molar-refractivity contribution in [3.05, 3.63) is 42.3 Å². The van der Waals surface area contributed by atoms with Gasteiger partial charge in [-0.1, -0.05) is 18.2 Å². The largest absolute Gasteiger partial charge is 0.444 e. The first-order valence-electron chi connectivity index (χ1n) is 7.22. The van der Waals surface area contributed by atoms with Crippen LogP contribution < -0.4 is 5.32 Å². The van der Waals surface area contributed by atoms with E-state index in [4.69, 9.17) is 4.42 Å². The van der Waals surface area contributed by atoms with Gasteiger partial charge in [0.1, 0.15) is 6.26 Å². The van der Waals surface area contributed by atoms with E-state index >= 15 is 0 Å². The predicted molar refractivity (Wildman–Crippen MR) is 79.9 cm³/mol. The first-order valence-corrected chi connectivity index (χ1v) is 7.22. The van der Waals surface area contributed by atoms with Crippen LogP contribution in [-0.2, 0) is 0 Å². The standard InChI is InChI=1S/C16H19N3O2/c1-17-9-12-7-8-19(10-12)16(20)14-11-21-15(18-14)13-5-3-2-4-6-13/h2-6,11-12,17H,7-10H2,1H3. The minimum atomic E-state index is -0.0421. The number of oxazole rings is 1. The number of hydrogen-bond donors (Lipinski definition) is 1. The van der Waals surface area contributed by atoms with Crippen LogP contribution in [0.2, 0.25) is 0 Å². The Bertz CT molecular complexity index is 609. The lowest BCUT2D eigenvalue weighted by molar-refractivity contribution is 0.0781. The van der Waals surface area contributed by atoms with Crippen LogP contribution in [0.25, 0.3) is 11.5 Å². The molecule has 2 aromatic rings. The number of rotatable bonds is 4. The zero-order valence-corrected chi connectivity index (χ0v) is 12.1. The summed E-state index contributed by atoms with van der Waals surface area (Å²) in [7, 11) is 1.94. The Balaban J connectivity index is 1.70. The molecular weight excluding hydrogens is 266 g/mol. The molecule has 110 valence electrons. The van der Waals surface area contributed by atoms with Crippen LogP contribution >= 0.6 is 0 Å². The Morgan fingerprint density at radius 1 is 1.43 bits per heavy atom. The molecule has 1 N–H and O–H groups in total. The summed E-state index contributed by atoms with van der Waals surface area (Å²) in [5.41, 5.74) is 1.27. The van der Waals surface area contributed by atoms with Gasteiger partial charge in [-0.25, -0.2) is 4.98 Å². The summed E-state index contributed by atoms with van der Waals surface area (Å²) in [4.78, 5) is 18.6. The predicted octanol–water partition coefficient (Wildman–Crippen LogP) is 2.02. The van der Waals surface area contributed by atoms with Crippen LogP contribution in [0.4, 0.5) is 0 Å². The van der Waals surface area contributed by atoms with E-state index in [0.29, 0.717) is 17.5 Å². The average molecular weight is 285 g/mol. The lowest BCUT2D eigenvalue weighted by Gasteiger charge is -2.14. The SMILES string of the molecule is CNCC1CCN(C(=O)c2coc(-c3ccccc3)n2)C1. The Hall–Kier alpha value is -2.14. The molecule has 1 aromatic carbocycles. The molecule has 21 heavy (non-hydrogen) atoms. The fraction of sp³-hybridized carbons (Fsp3) is 0.375. The molecule has 1 fully saturated rings. The van der Waals surface area contributed by atoms with E-state index in [1.807, 2.05) is 42.3 Å². The van der Waals surface area contributed by atoms with Gasteiger partial charge in [-0.05, 0) is 38.1 Å². The number of carbonyl (C=O) groups is 1. The smallest absolute Gasteiger partial charge is 0.275 e. The van der Waals surface area contributed by atoms with Gasteiger partial charge < -0.3 is 14.6 Å². The minimum Gasteiger partial charge on any atom is -0.444 e. The summed E-state index contributed by atoms with van der Waals surface area (Å²) < 4.78 is 5.43. The third kappa shape index (κ3) is 2.97. The van der Waals surface area contributed by atoms with Gasteiger partial charge in [0.2, 0.25) is 5.89 Å². The molecule has 1 unspecified atom stereocenters. The van der Waals surface area contributed by atoms with Crippen molar-refractivity contribution < 1.29 is 9.21 Å². The molecule has 1 aliphatic rings. The molecule has 1 atom stereocenters. The van der Waals surface area contributed by atoms with Crippen molar-refractivity contribution in [1.29, 1.82) is 0 Å². The van der Waals surface area contributed by atoms with Gasteiger partial charge in [-0.3, -0.25) is 4.79 Å². The van der Waals surface area contributed by atoms with Crippen LogP contribution in [0.1, 0.15) is 16.9 Å². The number of likely N-dealkylation sites (tertiary alicyclic amines) is 1. The molecule has 0 spiro atoms. The highest BCUT2D eigenvalue weighted by Gasteiger charge is 2.28. The second-order valence-electron chi connectivity index (χ2n) is 5.37. The van der Waals surface area contributed by atoms with E-state index in [9.17, 15) is 4.79 Å². The lowest BCUT2D eigenvalue weighted by Crippen LogP contribution is -2.30. The minimum absolute atomic E-state index is 0.0421. The molecule has 3 rings (SSSR count). The average Bonchev–Trinajstić information content (AvgIpc) is 3.17. The zero-order chi connectivity index (χ0) is 14.7. The molecule has 0 saturated carbocycles. The Kier molecular flexibility index (Phi) is 4.01. The first kappa shape index (κ1) is 13.8. The quantitative estimate of drug-likeness (QED) is 0.933. The van der Waals surface area contributed by atoms with E-state index in [-0.39, 0.29) is 5.91 Å². The van der Waals surface area contributed by atoms with E-state index in [0.717, 1.165) is 31.6 Å². The summed E-state index contributed by atoms with van der Waals surface area (Å²) in [5.74, 6) is 0.976. The summed E-state index contributed by atoms with van der Waals surface area (Å²) in [6.07, 6.45) is 2.49. The van der Waals surface area contributed by atoms with E-state index in [1.165, 1.54) is 6.26 Å². The van der Waals surface area contributed by atoms with Crippen molar-refractivity contribution >= 4 is 5.91 Å². The van der Waals surface area contributed by atoms with Gasteiger partial charge in [0.25, 0.3) is 5.91 Å². The molecule has 1 aromatic heterocycles. The monoisotopic (exact) mass is 285 g/mol. The highest BCUT2D eigenvalue weighted by Crippen LogP contribution is 2.21. The number of amides is 1. The number of carbonyl (C=O) groups excluding carboxylic acids is 1. The summed E-state index contributed by atoms with van der Waals surface area (Å²) in [5, 5.41) is 3.16. The molecule has 1 amide bonds. The maximum absolute atomic E-state index is 12.4. The maximum Gasteiger partial charge on any atom is 0.275 e. The van der Waals surface area contributed by atoms with Gasteiger partial charge in [-0.2, -0.15) is 0 Å². The number of hydrogen-bond acceptors (Lipinski definition) is 4. The highest BCUT2D eigenvalue weighted by molar-refractivity contribution is 5.92. The summed E-state index contributed by atoms with van der Waals surface area (Å²) in [6.45, 7) is 2.52. The molecule has 0 bridgehead atoms. The molecule has 0 aliphatic carbocycles. The van der Waals surface area contributed by atoms with E-state index in [2.05, 4.69) is 10.3 Å². The fourth-order valence-electron chi connectivity index (χ4n) is 2.72. The molecule has 1 aliphatic heterocycles. The van der Waals surface area contributed by atoms with Gasteiger partial charge in [0.15, 0.2) is 5.69 Å². The summed E-state index contributed by atoms with van der Waals surface area (Å²) in [6, 6.07) is 9.61. The lowest BCUT2D eigenvalue weighted by atomic mass is 10.1. The second-order valence-corrected chi connectivity index (χ2v) is 5.37. The topological polar surface area (TPSA) is 58.4 Å². The molecule has 1 saturated heterocycles. The van der Waals surface area contributed by atoms with Gasteiger partial charge in [-0.15, -0.1) is 0 Å². The molecule has 5 heteroatoms. The van der Waals surface area contributed by atoms with E-state index in [1.54, 1.807) is 0 Å². The van der Waals surface area contributed by atoms with Crippen LogP contribution in [0, 0.1) is 5.92 Å². The molecule has 2 heterocycles. The van der Waals surface area contributed by atoms with Crippen LogP contribution in [0.3, 0.4) is 0 Å². The third-order valence-electron chi connectivity index (χ3n) is 3.81. The number of nitrogens with one attached hydrogen (secondary N) is 1. The number of nitrogens with zero attached hydrogens (tertiary/aromatic N) is 2. The zero-order valence-electron chi connectivity index (χ0n) is 12.1. The normalized spacial score (nSPS) is 18.1. The Labute approximate surface area is 124 Å². The Morgan fingerprint density at radius 2 is 2.24 bits per heavy atom. The fourth-order valence-corrected chi connectivity index (χ4v) is 2.72. The van der Waals surface area contributed by atoms with Crippen molar-refractivity contribution in [2.45, 2.75) is 6.42 Å². The Morgan fingerprint density at radius 3 is 3.00 bits per heavy atom. The second kappa shape index (κ2) is 6.10. The first-order chi connectivity index (χ1) is 10.3. The number of benzene rings is 1. The number of aromatic nitrogens is 1. The van der Waals surface area contributed by atoms with Crippen molar-refractivity contribution in [2.24, 2.45) is 5.92 Å². The van der Waals surface area contributed by atoms with Gasteiger partial charge in [0.05, 0.1) is 0 Å². The van der Waals surface area contributed by atoms with Crippen molar-refractivity contribution in [3.8, 4) is 11.5 Å². The molecule has 0 radical (unpaired) electrons. The van der Waals surface area contributed by atoms with Gasteiger partial charge >= 0.3 is 0 Å². The van der Waals surface area contributed by atoms with Crippen molar-refractivity contribution in [1.82, 2.24) is 15.2 Å². The van der Waals surface area contributed by atoms with Crippen molar-refractivity contribution in [2.75, 3.05) is 26.7 Å².